The van der Waals surface area contributed by atoms with Crippen LogP contribution in [-0.4, -0.2) is 51.5 Å². The number of hydrogen-bond acceptors (Lipinski definition) is 4. The zero-order chi connectivity index (χ0) is 14.8. The number of aryl methyl sites for hydroxylation is 1. The second-order valence-corrected chi connectivity index (χ2v) is 5.93. The predicted molar refractivity (Wildman–Crippen MR) is 77.7 cm³/mol. The molecule has 0 spiro atoms. The maximum absolute atomic E-state index is 12.8. The highest BCUT2D eigenvalue weighted by Gasteiger charge is 2.32. The van der Waals surface area contributed by atoms with Crippen LogP contribution in [-0.2, 0) is 6.54 Å². The third kappa shape index (κ3) is 2.74. The molecule has 2 aliphatic rings. The Kier molecular flexibility index (Phi) is 4.35. The smallest absolute Gasteiger partial charge is 0.276 e. The number of piperidine rings is 1. The van der Waals surface area contributed by atoms with Gasteiger partial charge in [0.25, 0.3) is 5.91 Å². The van der Waals surface area contributed by atoms with Gasteiger partial charge in [0.05, 0.1) is 6.61 Å². The first kappa shape index (κ1) is 14.7. The molecule has 0 saturated carbocycles. The zero-order valence-corrected chi connectivity index (χ0v) is 12.7. The van der Waals surface area contributed by atoms with Gasteiger partial charge in [-0.3, -0.25) is 4.79 Å². The van der Waals surface area contributed by atoms with Gasteiger partial charge in [-0.1, -0.05) is 11.6 Å². The number of halogens is 1. The predicted octanol–water partition coefficient (Wildman–Crippen LogP) is 1.70. The number of likely N-dealkylation sites (tertiary alicyclic amines) is 1. The number of carbonyl (C=O) groups excluding carboxylic acids is 1. The zero-order valence-electron chi connectivity index (χ0n) is 11.9. The van der Waals surface area contributed by atoms with Crippen LogP contribution in [0.15, 0.2) is 0 Å². The SMILES string of the molecule is O=C(c1nn2c(c1Cl)OCCC2)N1CCCCC1CCO. The molecular formula is C14H20ClN3O3. The van der Waals surface area contributed by atoms with Crippen molar-refractivity contribution in [2.75, 3.05) is 19.8 Å². The van der Waals surface area contributed by atoms with E-state index in [1.54, 1.807) is 9.58 Å². The number of fused-ring (bicyclic) bond motifs is 1. The van der Waals surface area contributed by atoms with Crippen molar-refractivity contribution in [2.45, 2.75) is 44.7 Å². The second kappa shape index (κ2) is 6.23. The topological polar surface area (TPSA) is 67.6 Å². The van der Waals surface area contributed by atoms with Crippen LogP contribution in [0.2, 0.25) is 5.02 Å². The Morgan fingerprint density at radius 2 is 2.24 bits per heavy atom. The molecule has 1 unspecified atom stereocenters. The number of ether oxygens (including phenoxy) is 1. The molecule has 7 heteroatoms. The molecule has 1 N–H and O–H groups in total. The summed E-state index contributed by atoms with van der Waals surface area (Å²) in [6, 6.07) is 0.0759. The van der Waals surface area contributed by atoms with Crippen molar-refractivity contribution < 1.29 is 14.6 Å². The molecule has 6 nitrogen and oxygen atoms in total. The Morgan fingerprint density at radius 3 is 3.00 bits per heavy atom. The Balaban J connectivity index is 1.85. The van der Waals surface area contributed by atoms with Crippen molar-refractivity contribution in [3.8, 4) is 5.88 Å². The first-order chi connectivity index (χ1) is 10.2. The van der Waals surface area contributed by atoms with E-state index in [9.17, 15) is 9.90 Å². The maximum Gasteiger partial charge on any atom is 0.276 e. The number of nitrogens with zero attached hydrogens (tertiary/aromatic N) is 3. The van der Waals surface area contributed by atoms with Gasteiger partial charge >= 0.3 is 0 Å². The number of rotatable bonds is 3. The fourth-order valence-corrected chi connectivity index (χ4v) is 3.36. The average molecular weight is 314 g/mol. The number of aliphatic hydroxyl groups excluding tert-OH is 1. The van der Waals surface area contributed by atoms with Crippen LogP contribution >= 0.6 is 11.6 Å². The highest BCUT2D eigenvalue weighted by atomic mass is 35.5. The first-order valence-electron chi connectivity index (χ1n) is 7.53. The van der Waals surface area contributed by atoms with E-state index in [0.29, 0.717) is 30.5 Å². The van der Waals surface area contributed by atoms with Crippen LogP contribution < -0.4 is 4.74 Å². The molecule has 1 fully saturated rings. The Morgan fingerprint density at radius 1 is 1.38 bits per heavy atom. The molecule has 1 amide bonds. The monoisotopic (exact) mass is 313 g/mol. The van der Waals surface area contributed by atoms with Gasteiger partial charge < -0.3 is 14.7 Å². The van der Waals surface area contributed by atoms with E-state index >= 15 is 0 Å². The van der Waals surface area contributed by atoms with Crippen molar-refractivity contribution in [1.82, 2.24) is 14.7 Å². The van der Waals surface area contributed by atoms with Crippen molar-refractivity contribution >= 4 is 17.5 Å². The lowest BCUT2D eigenvalue weighted by molar-refractivity contribution is 0.0568. The summed E-state index contributed by atoms with van der Waals surface area (Å²) >= 11 is 6.28. The summed E-state index contributed by atoms with van der Waals surface area (Å²) in [7, 11) is 0. The van der Waals surface area contributed by atoms with E-state index < -0.39 is 0 Å². The van der Waals surface area contributed by atoms with Crippen LogP contribution in [0.4, 0.5) is 0 Å². The molecule has 3 heterocycles. The molecule has 1 atom stereocenters. The number of hydrogen-bond donors (Lipinski definition) is 1. The van der Waals surface area contributed by atoms with Gasteiger partial charge in [0.1, 0.15) is 5.02 Å². The first-order valence-corrected chi connectivity index (χ1v) is 7.91. The van der Waals surface area contributed by atoms with Gasteiger partial charge in [-0.25, -0.2) is 4.68 Å². The summed E-state index contributed by atoms with van der Waals surface area (Å²) in [5.41, 5.74) is 0.276. The lowest BCUT2D eigenvalue weighted by atomic mass is 9.99. The van der Waals surface area contributed by atoms with E-state index in [2.05, 4.69) is 5.10 Å². The van der Waals surface area contributed by atoms with Crippen molar-refractivity contribution in [1.29, 1.82) is 0 Å². The minimum absolute atomic E-state index is 0.0759. The highest BCUT2D eigenvalue weighted by molar-refractivity contribution is 6.34. The molecule has 1 aromatic heterocycles. The number of aromatic nitrogens is 2. The summed E-state index contributed by atoms with van der Waals surface area (Å²) in [5, 5.41) is 13.8. The normalized spacial score (nSPS) is 21.8. The minimum atomic E-state index is -0.149. The van der Waals surface area contributed by atoms with Crippen molar-refractivity contribution in [3.05, 3.63) is 10.7 Å². The molecule has 0 bridgehead atoms. The van der Waals surface area contributed by atoms with Crippen LogP contribution in [0.25, 0.3) is 0 Å². The Hall–Kier alpha value is -1.27. The van der Waals surface area contributed by atoms with Gasteiger partial charge in [0.15, 0.2) is 5.69 Å². The van der Waals surface area contributed by atoms with Gasteiger partial charge in [-0.15, -0.1) is 0 Å². The quantitative estimate of drug-likeness (QED) is 0.922. The van der Waals surface area contributed by atoms with Crippen LogP contribution in [0.5, 0.6) is 5.88 Å². The van der Waals surface area contributed by atoms with Crippen LogP contribution in [0.3, 0.4) is 0 Å². The highest BCUT2D eigenvalue weighted by Crippen LogP contribution is 2.32. The molecule has 3 rings (SSSR count). The van der Waals surface area contributed by atoms with Gasteiger partial charge in [0.2, 0.25) is 5.88 Å². The average Bonchev–Trinajstić information content (AvgIpc) is 2.85. The standard InChI is InChI=1S/C14H20ClN3O3/c15-11-12(16-18-7-3-9-21-14(11)18)13(20)17-6-2-1-4-10(17)5-8-19/h10,19H,1-9H2. The lowest BCUT2D eigenvalue weighted by Gasteiger charge is -2.35. The molecule has 21 heavy (non-hydrogen) atoms. The summed E-state index contributed by atoms with van der Waals surface area (Å²) in [6.07, 6.45) is 4.47. The van der Waals surface area contributed by atoms with E-state index in [1.807, 2.05) is 0 Å². The fraction of sp³-hybridized carbons (Fsp3) is 0.714. The third-order valence-corrected chi connectivity index (χ3v) is 4.50. The number of carbonyl (C=O) groups is 1. The molecule has 0 aromatic carbocycles. The maximum atomic E-state index is 12.8. The van der Waals surface area contributed by atoms with Crippen LogP contribution in [0, 0.1) is 0 Å². The number of amides is 1. The van der Waals surface area contributed by atoms with E-state index in [4.69, 9.17) is 16.3 Å². The van der Waals surface area contributed by atoms with E-state index in [-0.39, 0.29) is 24.2 Å². The van der Waals surface area contributed by atoms with Gasteiger partial charge in [0, 0.05) is 32.2 Å². The second-order valence-electron chi connectivity index (χ2n) is 5.55. The summed E-state index contributed by atoms with van der Waals surface area (Å²) in [4.78, 5) is 14.6. The minimum Gasteiger partial charge on any atom is -0.477 e. The van der Waals surface area contributed by atoms with Crippen molar-refractivity contribution in [2.24, 2.45) is 0 Å². The molecular weight excluding hydrogens is 294 g/mol. The molecule has 1 aromatic rings. The van der Waals surface area contributed by atoms with Crippen LogP contribution in [0.1, 0.15) is 42.6 Å². The largest absolute Gasteiger partial charge is 0.477 e. The van der Waals surface area contributed by atoms with Gasteiger partial charge in [-0.2, -0.15) is 5.10 Å². The summed E-state index contributed by atoms with van der Waals surface area (Å²) in [6.45, 7) is 2.12. The summed E-state index contributed by atoms with van der Waals surface area (Å²) < 4.78 is 7.18. The third-order valence-electron chi connectivity index (χ3n) is 4.16. The van der Waals surface area contributed by atoms with Gasteiger partial charge in [-0.05, 0) is 25.7 Å². The Bertz CT molecular complexity index is 530. The lowest BCUT2D eigenvalue weighted by Crippen LogP contribution is -2.44. The Labute approximate surface area is 128 Å². The molecule has 0 radical (unpaired) electrons. The molecule has 2 aliphatic heterocycles. The molecule has 116 valence electrons. The fourth-order valence-electron chi connectivity index (χ4n) is 3.09. The van der Waals surface area contributed by atoms with E-state index in [0.717, 1.165) is 32.2 Å². The molecule has 1 saturated heterocycles. The van der Waals surface area contributed by atoms with E-state index in [1.165, 1.54) is 0 Å². The number of aliphatic hydroxyl groups is 1. The summed E-state index contributed by atoms with van der Waals surface area (Å²) in [5.74, 6) is 0.352. The van der Waals surface area contributed by atoms with Crippen molar-refractivity contribution in [3.63, 3.8) is 0 Å². The molecule has 0 aliphatic carbocycles.